The molecule has 3 unspecified atom stereocenters. The number of esters is 1. The Morgan fingerprint density at radius 1 is 0.589 bits per heavy atom. The first-order valence-electron chi connectivity index (χ1n) is 21.1. The highest BCUT2D eigenvalue weighted by atomic mass is 31.2. The molecule has 0 spiro atoms. The van der Waals surface area contributed by atoms with Crippen LogP contribution in [0, 0.1) is 0 Å². The number of aliphatic carboxylic acids is 1. The van der Waals surface area contributed by atoms with E-state index in [0.717, 1.165) is 83.5 Å². The highest BCUT2D eigenvalue weighted by Gasteiger charge is 2.27. The molecule has 0 aromatic heterocycles. The average molecular weight is 806 g/mol. The van der Waals surface area contributed by atoms with Crippen LogP contribution in [0.5, 0.6) is 0 Å². The second kappa shape index (κ2) is 40.4. The van der Waals surface area contributed by atoms with Gasteiger partial charge in [-0.1, -0.05) is 144 Å². The molecule has 0 rings (SSSR count). The summed E-state index contributed by atoms with van der Waals surface area (Å²) in [6, 6.07) is -1.48. The van der Waals surface area contributed by atoms with Crippen LogP contribution in [0.25, 0.3) is 0 Å². The quantitative estimate of drug-likeness (QED) is 0.0237. The van der Waals surface area contributed by atoms with Crippen molar-refractivity contribution in [2.24, 2.45) is 5.73 Å². The first-order valence-corrected chi connectivity index (χ1v) is 22.6. The molecule has 0 fully saturated rings. The zero-order valence-electron chi connectivity index (χ0n) is 34.7. The molecule has 0 heterocycles. The van der Waals surface area contributed by atoms with Gasteiger partial charge in [0.15, 0.2) is 0 Å². The lowest BCUT2D eigenvalue weighted by Gasteiger charge is -2.20. The molecule has 4 N–H and O–H groups in total. The molecule has 0 aliphatic carbocycles. The highest BCUT2D eigenvalue weighted by molar-refractivity contribution is 7.47. The molecule has 0 saturated carbocycles. The van der Waals surface area contributed by atoms with Gasteiger partial charge in [-0.05, 0) is 83.5 Å². The Bertz CT molecular complexity index is 1210. The lowest BCUT2D eigenvalue weighted by atomic mass is 10.1. The number of phosphoric acid groups is 1. The maximum atomic E-state index is 12.6. The van der Waals surface area contributed by atoms with Crippen molar-refractivity contribution in [2.45, 2.75) is 161 Å². The smallest absolute Gasteiger partial charge is 0.472 e. The number of ether oxygens (including phenoxy) is 2. The van der Waals surface area contributed by atoms with Crippen molar-refractivity contribution in [3.8, 4) is 0 Å². The summed E-state index contributed by atoms with van der Waals surface area (Å²) in [5.74, 6) is -1.83. The van der Waals surface area contributed by atoms with Gasteiger partial charge in [-0.25, -0.2) is 4.57 Å². The van der Waals surface area contributed by atoms with E-state index >= 15 is 0 Å². The molecule has 0 aliphatic rings. The number of nitrogens with two attached hydrogens (primary N) is 1. The first kappa shape index (κ1) is 53.1. The molecular weight excluding hydrogens is 729 g/mol. The zero-order chi connectivity index (χ0) is 41.2. The lowest BCUT2D eigenvalue weighted by Crippen LogP contribution is -2.34. The molecule has 0 aromatic rings. The van der Waals surface area contributed by atoms with Crippen molar-refractivity contribution >= 4 is 19.8 Å². The van der Waals surface area contributed by atoms with Gasteiger partial charge in [-0.3, -0.25) is 18.6 Å². The molecule has 56 heavy (non-hydrogen) atoms. The lowest BCUT2D eigenvalue weighted by molar-refractivity contribution is -0.154. The summed E-state index contributed by atoms with van der Waals surface area (Å²) in [6.45, 7) is 3.63. The molecule has 0 radical (unpaired) electrons. The number of hydrogen-bond donors (Lipinski definition) is 3. The van der Waals surface area contributed by atoms with Gasteiger partial charge in [0.2, 0.25) is 0 Å². The number of rotatable bonds is 39. The molecule has 0 saturated heterocycles. The minimum atomic E-state index is -4.63. The Balaban J connectivity index is 4.37. The van der Waals surface area contributed by atoms with Crippen molar-refractivity contribution in [1.29, 1.82) is 0 Å². The monoisotopic (exact) mass is 806 g/mol. The molecule has 0 bridgehead atoms. The molecule has 0 amide bonds. The van der Waals surface area contributed by atoms with Crippen LogP contribution in [0.4, 0.5) is 0 Å². The van der Waals surface area contributed by atoms with Gasteiger partial charge in [0, 0.05) is 13.0 Å². The van der Waals surface area contributed by atoms with Gasteiger partial charge in [-0.2, -0.15) is 0 Å². The summed E-state index contributed by atoms with van der Waals surface area (Å²) >= 11 is 0. The Labute approximate surface area is 339 Å². The fourth-order valence-corrected chi connectivity index (χ4v) is 5.89. The molecular formula is C45H76NO9P. The van der Waals surface area contributed by atoms with Crippen LogP contribution in [0.1, 0.15) is 149 Å². The number of carboxylic acids is 1. The molecule has 11 heteroatoms. The fourth-order valence-electron chi connectivity index (χ4n) is 5.12. The van der Waals surface area contributed by atoms with Crippen LogP contribution in [0.15, 0.2) is 85.1 Å². The van der Waals surface area contributed by atoms with E-state index in [1.807, 2.05) is 0 Å². The van der Waals surface area contributed by atoms with E-state index in [9.17, 15) is 19.0 Å². The molecule has 0 aliphatic heterocycles. The van der Waals surface area contributed by atoms with Crippen LogP contribution < -0.4 is 5.73 Å². The number of phosphoric ester groups is 1. The Hall–Kier alpha value is -2.85. The van der Waals surface area contributed by atoms with E-state index in [1.54, 1.807) is 0 Å². The predicted octanol–water partition coefficient (Wildman–Crippen LogP) is 11.6. The van der Waals surface area contributed by atoms with Gasteiger partial charge >= 0.3 is 19.8 Å². The molecule has 10 nitrogen and oxygen atoms in total. The Kier molecular flexibility index (Phi) is 38.3. The first-order chi connectivity index (χ1) is 27.2. The third-order valence-corrected chi connectivity index (χ3v) is 9.36. The van der Waals surface area contributed by atoms with Crippen molar-refractivity contribution in [3.05, 3.63) is 85.1 Å². The largest absolute Gasteiger partial charge is 0.480 e. The summed E-state index contributed by atoms with van der Waals surface area (Å²) < 4.78 is 33.3. The predicted molar refractivity (Wildman–Crippen MR) is 230 cm³/mol. The number of carboxylic acid groups (broad SMARTS) is 1. The van der Waals surface area contributed by atoms with E-state index in [4.69, 9.17) is 29.4 Å². The minimum absolute atomic E-state index is 0.00935. The number of carbonyl (C=O) groups excluding carboxylic acids is 1. The van der Waals surface area contributed by atoms with Crippen molar-refractivity contribution in [2.75, 3.05) is 26.4 Å². The summed E-state index contributed by atoms with van der Waals surface area (Å²) in [6.07, 6.45) is 50.6. The van der Waals surface area contributed by atoms with E-state index in [0.29, 0.717) is 13.0 Å². The Morgan fingerprint density at radius 2 is 1.04 bits per heavy atom. The number of hydrogen-bond acceptors (Lipinski definition) is 8. The number of carbonyl (C=O) groups is 2. The van der Waals surface area contributed by atoms with Crippen LogP contribution in [-0.2, 0) is 32.7 Å². The zero-order valence-corrected chi connectivity index (χ0v) is 35.6. The fraction of sp³-hybridized carbons (Fsp3) is 0.644. The van der Waals surface area contributed by atoms with Gasteiger partial charge < -0.3 is 25.2 Å². The maximum absolute atomic E-state index is 12.6. The topological polar surface area (TPSA) is 155 Å². The van der Waals surface area contributed by atoms with E-state index in [1.165, 1.54) is 38.5 Å². The summed E-state index contributed by atoms with van der Waals surface area (Å²) in [5, 5.41) is 8.89. The molecule has 0 aromatic carbocycles. The molecule has 320 valence electrons. The normalized spacial score (nSPS) is 14.8. The third-order valence-electron chi connectivity index (χ3n) is 8.41. The summed E-state index contributed by atoms with van der Waals surface area (Å²) in [7, 11) is -4.63. The van der Waals surface area contributed by atoms with Crippen molar-refractivity contribution in [3.63, 3.8) is 0 Å². The average Bonchev–Trinajstić information content (AvgIpc) is 3.18. The van der Waals surface area contributed by atoms with Gasteiger partial charge in [0.25, 0.3) is 0 Å². The van der Waals surface area contributed by atoms with E-state index < -0.39 is 45.1 Å². The minimum Gasteiger partial charge on any atom is -0.480 e. The second-order valence-electron chi connectivity index (χ2n) is 13.7. The Morgan fingerprint density at radius 3 is 1.55 bits per heavy atom. The van der Waals surface area contributed by atoms with Crippen LogP contribution in [0.2, 0.25) is 0 Å². The highest BCUT2D eigenvalue weighted by Crippen LogP contribution is 2.43. The SMILES string of the molecule is CC/C=C\C/C=C\C/C=C\C/C=C\C/C=C\CCCCCC(=O)OC(COCCCCCCCC/C=C\C/C=C\CCCC)COP(=O)(O)OCC(N)C(=O)O. The maximum Gasteiger partial charge on any atom is 0.472 e. The van der Waals surface area contributed by atoms with Crippen molar-refractivity contribution < 1.29 is 42.7 Å². The number of unbranched alkanes of at least 4 members (excludes halogenated alkanes) is 11. The van der Waals surface area contributed by atoms with Gasteiger partial charge in [0.1, 0.15) is 12.1 Å². The number of allylic oxidation sites excluding steroid dienone is 14. The van der Waals surface area contributed by atoms with E-state index in [-0.39, 0.29) is 13.0 Å². The van der Waals surface area contributed by atoms with Crippen molar-refractivity contribution in [1.82, 2.24) is 0 Å². The second-order valence-corrected chi connectivity index (χ2v) is 15.2. The van der Waals surface area contributed by atoms with E-state index in [2.05, 4.69) is 98.9 Å². The standard InChI is InChI=1S/C45H76NO9P/c1-3-5-7-9-11-13-15-17-19-20-21-22-23-25-27-29-31-33-35-37-44(47)55-42(40-53-56(50,51)54-41-43(46)45(48)49)39-52-38-36-34-32-30-28-26-24-18-16-14-12-10-8-6-4-2/h5,7,10-13,16-19,21-22,25,27,42-43H,3-4,6,8-9,14-15,20,23-24,26,28-41,46H2,1-2H3,(H,48,49)(H,50,51)/b7-5-,12-10-,13-11-,18-16-,19-17-,22-21-,27-25-. The third kappa shape index (κ3) is 39.4. The van der Waals surface area contributed by atoms with Crippen LogP contribution >= 0.6 is 7.82 Å². The van der Waals surface area contributed by atoms with Crippen LogP contribution in [0.3, 0.4) is 0 Å². The van der Waals surface area contributed by atoms with Gasteiger partial charge in [-0.15, -0.1) is 0 Å². The molecule has 3 atom stereocenters. The summed E-state index contributed by atoms with van der Waals surface area (Å²) in [5.41, 5.74) is 5.35. The summed E-state index contributed by atoms with van der Waals surface area (Å²) in [4.78, 5) is 33.5. The van der Waals surface area contributed by atoms with Gasteiger partial charge in [0.05, 0.1) is 19.8 Å². The van der Waals surface area contributed by atoms with Crippen LogP contribution in [-0.4, -0.2) is 60.5 Å².